The molecule has 0 aliphatic rings. The highest BCUT2D eigenvalue weighted by Crippen LogP contribution is 2.16. The topological polar surface area (TPSA) is 35.5 Å². The van der Waals surface area contributed by atoms with Crippen LogP contribution in [0.5, 0.6) is 0 Å². The molecule has 1 aromatic carbocycles. The molecule has 0 spiro atoms. The SMILES string of the molecule is CCCCOCCOCC(=O)c1ccccc1Br. The molecule has 0 saturated heterocycles. The van der Waals surface area contributed by atoms with Crippen LogP contribution >= 0.6 is 15.9 Å². The molecule has 0 heterocycles. The first-order valence-electron chi connectivity index (χ1n) is 6.19. The smallest absolute Gasteiger partial charge is 0.189 e. The number of carbonyl (C=O) groups excluding carboxylic acids is 1. The quantitative estimate of drug-likeness (QED) is 0.517. The largest absolute Gasteiger partial charge is 0.379 e. The van der Waals surface area contributed by atoms with E-state index in [4.69, 9.17) is 9.47 Å². The molecule has 1 rings (SSSR count). The average Bonchev–Trinajstić information content (AvgIpc) is 2.38. The monoisotopic (exact) mass is 314 g/mol. The van der Waals surface area contributed by atoms with Crippen molar-refractivity contribution in [1.29, 1.82) is 0 Å². The Morgan fingerprint density at radius 3 is 2.61 bits per heavy atom. The van der Waals surface area contributed by atoms with Crippen molar-refractivity contribution < 1.29 is 14.3 Å². The lowest BCUT2D eigenvalue weighted by molar-refractivity contribution is 0.0432. The molecule has 100 valence electrons. The Labute approximate surface area is 117 Å². The van der Waals surface area contributed by atoms with Gasteiger partial charge in [-0.2, -0.15) is 0 Å². The third kappa shape index (κ3) is 5.76. The number of halogens is 1. The van der Waals surface area contributed by atoms with Crippen molar-refractivity contribution in [3.63, 3.8) is 0 Å². The van der Waals surface area contributed by atoms with Crippen molar-refractivity contribution in [2.45, 2.75) is 19.8 Å². The van der Waals surface area contributed by atoms with Gasteiger partial charge in [-0.05, 0) is 12.5 Å². The van der Waals surface area contributed by atoms with Crippen LogP contribution in [0.4, 0.5) is 0 Å². The molecule has 18 heavy (non-hydrogen) atoms. The van der Waals surface area contributed by atoms with Gasteiger partial charge in [-0.15, -0.1) is 0 Å². The summed E-state index contributed by atoms with van der Waals surface area (Å²) in [6.45, 7) is 3.98. The lowest BCUT2D eigenvalue weighted by atomic mass is 10.1. The van der Waals surface area contributed by atoms with E-state index < -0.39 is 0 Å². The number of benzene rings is 1. The maximum atomic E-state index is 11.8. The Hall–Kier alpha value is -0.710. The second-order valence-corrected chi connectivity index (χ2v) is 4.78. The van der Waals surface area contributed by atoms with Crippen LogP contribution in [0.2, 0.25) is 0 Å². The highest BCUT2D eigenvalue weighted by Gasteiger charge is 2.08. The Kier molecular flexibility index (Phi) is 7.89. The summed E-state index contributed by atoms with van der Waals surface area (Å²) in [4.78, 5) is 11.8. The Bertz CT molecular complexity index is 366. The van der Waals surface area contributed by atoms with Crippen molar-refractivity contribution in [2.75, 3.05) is 26.4 Å². The number of Topliss-reactive ketones (excluding diaryl/α,β-unsaturated/α-hetero) is 1. The summed E-state index contributed by atoms with van der Waals surface area (Å²) in [7, 11) is 0. The van der Waals surface area contributed by atoms with Crippen LogP contribution in [-0.2, 0) is 9.47 Å². The molecular weight excluding hydrogens is 296 g/mol. The number of hydrogen-bond donors (Lipinski definition) is 0. The van der Waals surface area contributed by atoms with Gasteiger partial charge in [0.25, 0.3) is 0 Å². The summed E-state index contributed by atoms with van der Waals surface area (Å²) in [5.41, 5.74) is 0.657. The van der Waals surface area contributed by atoms with Crippen molar-refractivity contribution >= 4 is 21.7 Å². The fraction of sp³-hybridized carbons (Fsp3) is 0.500. The predicted molar refractivity (Wildman–Crippen MR) is 75.0 cm³/mol. The highest BCUT2D eigenvalue weighted by atomic mass is 79.9. The van der Waals surface area contributed by atoms with Gasteiger partial charge in [-0.1, -0.05) is 47.5 Å². The van der Waals surface area contributed by atoms with Gasteiger partial charge < -0.3 is 9.47 Å². The van der Waals surface area contributed by atoms with E-state index in [1.165, 1.54) is 0 Å². The van der Waals surface area contributed by atoms with Gasteiger partial charge in [0, 0.05) is 16.6 Å². The lowest BCUT2D eigenvalue weighted by Crippen LogP contribution is -2.13. The zero-order valence-corrected chi connectivity index (χ0v) is 12.2. The minimum atomic E-state index is -0.0176. The Morgan fingerprint density at radius 2 is 1.89 bits per heavy atom. The first-order chi connectivity index (χ1) is 8.75. The van der Waals surface area contributed by atoms with E-state index in [9.17, 15) is 4.79 Å². The first kappa shape index (κ1) is 15.3. The molecule has 3 nitrogen and oxygen atoms in total. The van der Waals surface area contributed by atoms with Gasteiger partial charge in [-0.25, -0.2) is 0 Å². The van der Waals surface area contributed by atoms with Crippen molar-refractivity contribution in [2.24, 2.45) is 0 Å². The molecule has 0 aliphatic heterocycles. The molecule has 4 heteroatoms. The summed E-state index contributed by atoms with van der Waals surface area (Å²) in [5.74, 6) is -0.0176. The summed E-state index contributed by atoms with van der Waals surface area (Å²) in [5, 5.41) is 0. The summed E-state index contributed by atoms with van der Waals surface area (Å²) >= 11 is 3.35. The van der Waals surface area contributed by atoms with Crippen molar-refractivity contribution in [1.82, 2.24) is 0 Å². The third-order valence-corrected chi connectivity index (χ3v) is 3.11. The number of rotatable bonds is 9. The van der Waals surface area contributed by atoms with E-state index in [-0.39, 0.29) is 12.4 Å². The molecule has 0 radical (unpaired) electrons. The van der Waals surface area contributed by atoms with E-state index in [1.54, 1.807) is 6.07 Å². The number of carbonyl (C=O) groups is 1. The van der Waals surface area contributed by atoms with E-state index in [0.717, 1.165) is 23.9 Å². The minimum absolute atomic E-state index is 0.0176. The van der Waals surface area contributed by atoms with Crippen molar-refractivity contribution in [3.05, 3.63) is 34.3 Å². The minimum Gasteiger partial charge on any atom is -0.379 e. The van der Waals surface area contributed by atoms with Gasteiger partial charge in [0.05, 0.1) is 13.2 Å². The molecule has 0 bridgehead atoms. The second-order valence-electron chi connectivity index (χ2n) is 3.92. The van der Waals surface area contributed by atoms with Crippen LogP contribution in [0.15, 0.2) is 28.7 Å². The fourth-order valence-corrected chi connectivity index (χ4v) is 1.90. The molecule has 0 aliphatic carbocycles. The standard InChI is InChI=1S/C14H19BrO3/c1-2-3-8-17-9-10-18-11-14(16)12-6-4-5-7-13(12)15/h4-7H,2-3,8-11H2,1H3. The van der Waals surface area contributed by atoms with E-state index >= 15 is 0 Å². The highest BCUT2D eigenvalue weighted by molar-refractivity contribution is 9.10. The molecule has 0 saturated carbocycles. The Balaban J connectivity index is 2.16. The number of unbranched alkanes of at least 4 members (excludes halogenated alkanes) is 1. The predicted octanol–water partition coefficient (Wildman–Crippen LogP) is 3.47. The molecule has 0 fully saturated rings. The van der Waals surface area contributed by atoms with Gasteiger partial charge in [0.15, 0.2) is 5.78 Å². The van der Waals surface area contributed by atoms with Crippen LogP contribution in [-0.4, -0.2) is 32.2 Å². The molecular formula is C14H19BrO3. The molecule has 0 N–H and O–H groups in total. The maximum absolute atomic E-state index is 11.8. The van der Waals surface area contributed by atoms with Gasteiger partial charge in [0.1, 0.15) is 6.61 Å². The average molecular weight is 315 g/mol. The molecule has 1 aromatic rings. The van der Waals surface area contributed by atoms with Gasteiger partial charge in [-0.3, -0.25) is 4.79 Å². The zero-order chi connectivity index (χ0) is 13.2. The van der Waals surface area contributed by atoms with Gasteiger partial charge >= 0.3 is 0 Å². The summed E-state index contributed by atoms with van der Waals surface area (Å²) < 4.78 is 11.4. The molecule has 0 amide bonds. The zero-order valence-electron chi connectivity index (χ0n) is 10.7. The van der Waals surface area contributed by atoms with E-state index in [0.29, 0.717) is 18.8 Å². The Morgan fingerprint density at radius 1 is 1.17 bits per heavy atom. The maximum Gasteiger partial charge on any atom is 0.189 e. The normalized spacial score (nSPS) is 10.6. The van der Waals surface area contributed by atoms with E-state index in [2.05, 4.69) is 22.9 Å². The summed E-state index contributed by atoms with van der Waals surface area (Å²) in [6, 6.07) is 7.35. The van der Waals surface area contributed by atoms with Crippen LogP contribution in [0.3, 0.4) is 0 Å². The fourth-order valence-electron chi connectivity index (χ4n) is 1.40. The van der Waals surface area contributed by atoms with Crippen LogP contribution in [0.1, 0.15) is 30.1 Å². The lowest BCUT2D eigenvalue weighted by Gasteiger charge is -2.06. The van der Waals surface area contributed by atoms with Gasteiger partial charge in [0.2, 0.25) is 0 Å². The second kappa shape index (κ2) is 9.25. The molecule has 0 unspecified atom stereocenters. The number of ketones is 1. The summed E-state index contributed by atoms with van der Waals surface area (Å²) in [6.07, 6.45) is 2.19. The molecule has 0 atom stereocenters. The van der Waals surface area contributed by atoms with E-state index in [1.807, 2.05) is 18.2 Å². The van der Waals surface area contributed by atoms with Crippen LogP contribution < -0.4 is 0 Å². The number of ether oxygens (including phenoxy) is 2. The molecule has 0 aromatic heterocycles. The van der Waals surface area contributed by atoms with Crippen molar-refractivity contribution in [3.8, 4) is 0 Å². The third-order valence-electron chi connectivity index (χ3n) is 2.42. The number of hydrogen-bond acceptors (Lipinski definition) is 3. The van der Waals surface area contributed by atoms with Crippen LogP contribution in [0.25, 0.3) is 0 Å². The first-order valence-corrected chi connectivity index (χ1v) is 6.98. The van der Waals surface area contributed by atoms with Crippen LogP contribution in [0, 0.1) is 0 Å².